The molecule has 1 heterocycles. The highest BCUT2D eigenvalue weighted by molar-refractivity contribution is 9.10. The van der Waals surface area contributed by atoms with Crippen molar-refractivity contribution in [2.75, 3.05) is 6.54 Å². The summed E-state index contributed by atoms with van der Waals surface area (Å²) in [6.07, 6.45) is 5.63. The number of halogens is 1. The van der Waals surface area contributed by atoms with Crippen LogP contribution in [0.4, 0.5) is 0 Å². The van der Waals surface area contributed by atoms with Crippen molar-refractivity contribution < 1.29 is 4.74 Å². The van der Waals surface area contributed by atoms with Crippen molar-refractivity contribution in [1.29, 1.82) is 0 Å². The molecule has 0 bridgehead atoms. The predicted molar refractivity (Wildman–Crippen MR) is 92.7 cm³/mol. The molecule has 0 amide bonds. The molecule has 1 aliphatic rings. The third kappa shape index (κ3) is 6.09. The normalized spacial score (nSPS) is 23.7. The first kappa shape index (κ1) is 17.0. The van der Waals surface area contributed by atoms with Crippen molar-refractivity contribution in [3.63, 3.8) is 0 Å². The lowest BCUT2D eigenvalue weighted by Gasteiger charge is -2.23. The molecule has 1 saturated heterocycles. The summed E-state index contributed by atoms with van der Waals surface area (Å²) in [6, 6.07) is 9.27. The Morgan fingerprint density at radius 1 is 1.24 bits per heavy atom. The van der Waals surface area contributed by atoms with Gasteiger partial charge in [-0.15, -0.1) is 0 Å². The van der Waals surface area contributed by atoms with Gasteiger partial charge in [-0.05, 0) is 62.8 Å². The van der Waals surface area contributed by atoms with Gasteiger partial charge in [0.2, 0.25) is 0 Å². The minimum absolute atomic E-state index is 0.446. The van der Waals surface area contributed by atoms with Gasteiger partial charge in [0.05, 0.1) is 12.2 Å². The number of hydrogen-bond acceptors (Lipinski definition) is 2. The van der Waals surface area contributed by atoms with E-state index in [9.17, 15) is 0 Å². The molecule has 0 aromatic heterocycles. The highest BCUT2D eigenvalue weighted by Gasteiger charge is 2.25. The molecule has 1 aromatic carbocycles. The van der Waals surface area contributed by atoms with Crippen molar-refractivity contribution in [3.8, 4) is 0 Å². The smallest absolute Gasteiger partial charge is 0.0583 e. The molecule has 0 radical (unpaired) electrons. The van der Waals surface area contributed by atoms with Gasteiger partial charge in [-0.3, -0.25) is 0 Å². The molecule has 21 heavy (non-hydrogen) atoms. The summed E-state index contributed by atoms with van der Waals surface area (Å²) < 4.78 is 7.17. The van der Waals surface area contributed by atoms with Crippen LogP contribution in [0.2, 0.25) is 0 Å². The molecular weight excluding hydrogens is 326 g/mol. The zero-order chi connectivity index (χ0) is 15.2. The molecule has 3 heteroatoms. The fraction of sp³-hybridized carbons (Fsp3) is 0.667. The van der Waals surface area contributed by atoms with E-state index in [2.05, 4.69) is 66.3 Å². The summed E-state index contributed by atoms with van der Waals surface area (Å²) in [5.74, 6) is 0.642. The van der Waals surface area contributed by atoms with Gasteiger partial charge in [-0.2, -0.15) is 0 Å². The van der Waals surface area contributed by atoms with E-state index >= 15 is 0 Å². The van der Waals surface area contributed by atoms with E-state index in [-0.39, 0.29) is 0 Å². The lowest BCUT2D eigenvalue weighted by Crippen LogP contribution is -2.32. The quantitative estimate of drug-likeness (QED) is 0.775. The molecule has 2 rings (SSSR count). The van der Waals surface area contributed by atoms with Gasteiger partial charge in [-0.1, -0.05) is 41.9 Å². The maximum Gasteiger partial charge on any atom is 0.0583 e. The molecular formula is C18H28BrNO. The van der Waals surface area contributed by atoms with Crippen LogP contribution >= 0.6 is 15.9 Å². The lowest BCUT2D eigenvalue weighted by atomic mass is 9.92. The van der Waals surface area contributed by atoms with Crippen LogP contribution in [0, 0.1) is 5.92 Å². The van der Waals surface area contributed by atoms with Gasteiger partial charge in [0.1, 0.15) is 0 Å². The van der Waals surface area contributed by atoms with Crippen LogP contribution in [0.3, 0.4) is 0 Å². The third-order valence-corrected chi connectivity index (χ3v) is 4.70. The molecule has 1 aromatic rings. The van der Waals surface area contributed by atoms with Crippen LogP contribution in [0.5, 0.6) is 0 Å². The summed E-state index contributed by atoms with van der Waals surface area (Å²) in [6.45, 7) is 7.69. The average molecular weight is 354 g/mol. The molecule has 2 nitrogen and oxygen atoms in total. The van der Waals surface area contributed by atoms with E-state index < -0.39 is 0 Å². The summed E-state index contributed by atoms with van der Waals surface area (Å²) in [4.78, 5) is 0. The largest absolute Gasteiger partial charge is 0.375 e. The zero-order valence-corrected chi connectivity index (χ0v) is 15.0. The van der Waals surface area contributed by atoms with Gasteiger partial charge in [0.25, 0.3) is 0 Å². The SMILES string of the molecule is CC(C)NCC(Cc1ccc(Br)cc1)CC1CCC(C)O1. The number of benzene rings is 1. The summed E-state index contributed by atoms with van der Waals surface area (Å²) in [7, 11) is 0. The molecule has 3 atom stereocenters. The van der Waals surface area contributed by atoms with Crippen molar-refractivity contribution in [3.05, 3.63) is 34.3 Å². The van der Waals surface area contributed by atoms with Crippen molar-refractivity contribution in [2.45, 2.75) is 64.7 Å². The standard InChI is InChI=1S/C18H28BrNO/c1-13(2)20-12-16(11-18-9-4-14(3)21-18)10-15-5-7-17(19)8-6-15/h5-8,13-14,16,18,20H,4,9-12H2,1-3H3. The first-order chi connectivity index (χ1) is 10.0. The van der Waals surface area contributed by atoms with Crippen molar-refractivity contribution >= 4 is 15.9 Å². The maximum absolute atomic E-state index is 6.02. The van der Waals surface area contributed by atoms with Crippen LogP contribution in [0.25, 0.3) is 0 Å². The fourth-order valence-electron chi connectivity index (χ4n) is 3.03. The van der Waals surface area contributed by atoms with E-state index in [1.54, 1.807) is 0 Å². The van der Waals surface area contributed by atoms with Crippen LogP contribution in [0.15, 0.2) is 28.7 Å². The summed E-state index contributed by atoms with van der Waals surface area (Å²) in [5, 5.41) is 3.60. The van der Waals surface area contributed by atoms with Crippen LogP contribution in [-0.2, 0) is 11.2 Å². The Hall–Kier alpha value is -0.380. The Morgan fingerprint density at radius 2 is 1.95 bits per heavy atom. The van der Waals surface area contributed by atoms with Gasteiger partial charge in [-0.25, -0.2) is 0 Å². The minimum Gasteiger partial charge on any atom is -0.375 e. The first-order valence-corrected chi connectivity index (χ1v) is 8.95. The number of hydrogen-bond donors (Lipinski definition) is 1. The molecule has 1 N–H and O–H groups in total. The molecule has 1 aliphatic heterocycles. The van der Waals surface area contributed by atoms with E-state index in [0.29, 0.717) is 24.2 Å². The highest BCUT2D eigenvalue weighted by atomic mass is 79.9. The van der Waals surface area contributed by atoms with E-state index in [0.717, 1.165) is 17.4 Å². The molecule has 0 spiro atoms. The molecule has 118 valence electrons. The van der Waals surface area contributed by atoms with Crippen molar-refractivity contribution in [2.24, 2.45) is 5.92 Å². The number of rotatable bonds is 7. The molecule has 0 aliphatic carbocycles. The summed E-state index contributed by atoms with van der Waals surface area (Å²) >= 11 is 3.51. The Balaban J connectivity index is 1.92. The Bertz CT molecular complexity index is 418. The molecule has 1 fully saturated rings. The monoisotopic (exact) mass is 353 g/mol. The maximum atomic E-state index is 6.02. The minimum atomic E-state index is 0.446. The van der Waals surface area contributed by atoms with Crippen LogP contribution in [0.1, 0.15) is 45.6 Å². The second kappa shape index (κ2) is 8.30. The molecule has 0 saturated carbocycles. The molecule has 3 unspecified atom stereocenters. The predicted octanol–water partition coefficient (Wildman–Crippen LogP) is 4.56. The van der Waals surface area contributed by atoms with Gasteiger partial charge in [0.15, 0.2) is 0 Å². The first-order valence-electron chi connectivity index (χ1n) is 8.16. The van der Waals surface area contributed by atoms with Gasteiger partial charge < -0.3 is 10.1 Å². The summed E-state index contributed by atoms with van der Waals surface area (Å²) in [5.41, 5.74) is 1.42. The van der Waals surface area contributed by atoms with Crippen LogP contribution < -0.4 is 5.32 Å². The lowest BCUT2D eigenvalue weighted by molar-refractivity contribution is 0.0406. The fourth-order valence-corrected chi connectivity index (χ4v) is 3.29. The van der Waals surface area contributed by atoms with Gasteiger partial charge >= 0.3 is 0 Å². The number of ether oxygens (including phenoxy) is 1. The second-order valence-electron chi connectivity index (χ2n) is 6.64. The zero-order valence-electron chi connectivity index (χ0n) is 13.4. The van der Waals surface area contributed by atoms with E-state index in [1.165, 1.54) is 24.8 Å². The average Bonchev–Trinajstić information content (AvgIpc) is 2.84. The van der Waals surface area contributed by atoms with Crippen molar-refractivity contribution in [1.82, 2.24) is 5.32 Å². The second-order valence-corrected chi connectivity index (χ2v) is 7.56. The third-order valence-electron chi connectivity index (χ3n) is 4.17. The Labute approximate surface area is 137 Å². The Morgan fingerprint density at radius 3 is 2.52 bits per heavy atom. The van der Waals surface area contributed by atoms with E-state index in [4.69, 9.17) is 4.74 Å². The Kier molecular flexibility index (Phi) is 6.72. The van der Waals surface area contributed by atoms with Gasteiger partial charge in [0, 0.05) is 10.5 Å². The van der Waals surface area contributed by atoms with Crippen LogP contribution in [-0.4, -0.2) is 24.8 Å². The highest BCUT2D eigenvalue weighted by Crippen LogP contribution is 2.26. The topological polar surface area (TPSA) is 21.3 Å². The number of nitrogens with one attached hydrogen (secondary N) is 1. The van der Waals surface area contributed by atoms with E-state index in [1.807, 2.05) is 0 Å².